The molecular weight excluding hydrogens is 308 g/mol. The van der Waals surface area contributed by atoms with Crippen LogP contribution >= 0.6 is 0 Å². The second-order valence-electron chi connectivity index (χ2n) is 7.73. The van der Waals surface area contributed by atoms with Crippen LogP contribution in [0.5, 0.6) is 0 Å². The normalized spacial score (nSPS) is 23.2. The average Bonchev–Trinajstić information content (AvgIpc) is 2.54. The molecule has 2 saturated heterocycles. The number of nitrogens with zero attached hydrogens (tertiary/aromatic N) is 3. The Kier molecular flexibility index (Phi) is 6.46. The molecule has 2 heterocycles. The van der Waals surface area contributed by atoms with Crippen molar-refractivity contribution < 1.29 is 14.3 Å². The molecule has 0 aromatic heterocycles. The number of piperazine rings is 1. The molecule has 0 aromatic carbocycles. The highest BCUT2D eigenvalue weighted by molar-refractivity contribution is 5.78. The Bertz CT molecular complexity index is 444. The molecule has 7 heteroatoms. The fourth-order valence-corrected chi connectivity index (χ4v) is 3.23. The van der Waals surface area contributed by atoms with E-state index in [0.717, 1.165) is 25.9 Å². The number of ether oxygens (including phenoxy) is 1. The molecule has 0 saturated carbocycles. The Morgan fingerprint density at radius 2 is 1.71 bits per heavy atom. The van der Waals surface area contributed by atoms with E-state index in [-0.39, 0.29) is 18.0 Å². The first-order chi connectivity index (χ1) is 11.3. The summed E-state index contributed by atoms with van der Waals surface area (Å²) in [5.41, 5.74) is 5.39. The summed E-state index contributed by atoms with van der Waals surface area (Å²) in [6, 6.07) is 0.00000827. The summed E-state index contributed by atoms with van der Waals surface area (Å²) >= 11 is 0. The van der Waals surface area contributed by atoms with Crippen molar-refractivity contribution in [2.45, 2.75) is 51.7 Å². The molecule has 138 valence electrons. The van der Waals surface area contributed by atoms with Gasteiger partial charge in [0, 0.05) is 45.3 Å². The maximum atomic E-state index is 12.5. The molecule has 2 N–H and O–H groups in total. The van der Waals surface area contributed by atoms with E-state index < -0.39 is 5.60 Å². The summed E-state index contributed by atoms with van der Waals surface area (Å²) in [5, 5.41) is 0. The first kappa shape index (κ1) is 19.0. The van der Waals surface area contributed by atoms with Gasteiger partial charge >= 0.3 is 6.09 Å². The molecule has 2 aliphatic heterocycles. The topological polar surface area (TPSA) is 79.1 Å². The van der Waals surface area contributed by atoms with Crippen molar-refractivity contribution in [1.29, 1.82) is 0 Å². The molecule has 2 amide bonds. The van der Waals surface area contributed by atoms with E-state index in [1.807, 2.05) is 25.7 Å². The molecule has 0 radical (unpaired) electrons. The number of nitrogens with two attached hydrogens (primary N) is 1. The third-order valence-corrected chi connectivity index (χ3v) is 4.58. The van der Waals surface area contributed by atoms with Crippen molar-refractivity contribution in [3.63, 3.8) is 0 Å². The van der Waals surface area contributed by atoms with Crippen LogP contribution in [-0.2, 0) is 9.53 Å². The number of piperidine rings is 1. The average molecular weight is 340 g/mol. The SMILES string of the molecule is CC(C)(C)OC(=O)N1CCN(CC(=O)N2CCCCC2)C(CN)C1. The van der Waals surface area contributed by atoms with Crippen molar-refractivity contribution >= 4 is 12.0 Å². The van der Waals surface area contributed by atoms with Gasteiger partial charge in [0.25, 0.3) is 0 Å². The fraction of sp³-hybridized carbons (Fsp3) is 0.882. The lowest BCUT2D eigenvalue weighted by atomic mass is 10.1. The van der Waals surface area contributed by atoms with Gasteiger partial charge in [-0.1, -0.05) is 0 Å². The van der Waals surface area contributed by atoms with E-state index in [0.29, 0.717) is 32.7 Å². The summed E-state index contributed by atoms with van der Waals surface area (Å²) in [6.45, 7) is 9.86. The van der Waals surface area contributed by atoms with Gasteiger partial charge in [0.05, 0.1) is 6.54 Å². The Morgan fingerprint density at radius 3 is 2.29 bits per heavy atom. The van der Waals surface area contributed by atoms with Gasteiger partial charge in [-0.15, -0.1) is 0 Å². The predicted octanol–water partition coefficient (Wildman–Crippen LogP) is 0.879. The fourth-order valence-electron chi connectivity index (χ4n) is 3.23. The van der Waals surface area contributed by atoms with Gasteiger partial charge in [-0.25, -0.2) is 4.79 Å². The van der Waals surface area contributed by atoms with Crippen LogP contribution in [0.2, 0.25) is 0 Å². The van der Waals surface area contributed by atoms with E-state index in [1.165, 1.54) is 6.42 Å². The van der Waals surface area contributed by atoms with Gasteiger partial charge in [-0.3, -0.25) is 9.69 Å². The second kappa shape index (κ2) is 8.16. The van der Waals surface area contributed by atoms with Crippen LogP contribution in [0.25, 0.3) is 0 Å². The number of rotatable bonds is 3. The predicted molar refractivity (Wildman–Crippen MR) is 92.7 cm³/mol. The number of hydrogen-bond donors (Lipinski definition) is 1. The van der Waals surface area contributed by atoms with Crippen molar-refractivity contribution in [2.75, 3.05) is 45.8 Å². The van der Waals surface area contributed by atoms with Crippen molar-refractivity contribution in [3.8, 4) is 0 Å². The smallest absolute Gasteiger partial charge is 0.410 e. The number of likely N-dealkylation sites (tertiary alicyclic amines) is 1. The summed E-state index contributed by atoms with van der Waals surface area (Å²) in [4.78, 5) is 30.5. The molecule has 7 nitrogen and oxygen atoms in total. The van der Waals surface area contributed by atoms with Gasteiger partial charge in [0.1, 0.15) is 5.60 Å². The van der Waals surface area contributed by atoms with E-state index in [1.54, 1.807) is 4.90 Å². The van der Waals surface area contributed by atoms with Crippen LogP contribution in [-0.4, -0.2) is 84.2 Å². The number of hydrogen-bond acceptors (Lipinski definition) is 5. The molecule has 0 aliphatic carbocycles. The molecule has 2 rings (SSSR count). The first-order valence-electron chi connectivity index (χ1n) is 9.00. The van der Waals surface area contributed by atoms with Crippen LogP contribution in [0.4, 0.5) is 4.79 Å². The minimum atomic E-state index is -0.503. The third kappa shape index (κ3) is 5.34. The molecule has 2 fully saturated rings. The number of carbonyl (C=O) groups is 2. The molecule has 0 bridgehead atoms. The number of amides is 2. The molecular formula is C17H32N4O3. The largest absolute Gasteiger partial charge is 0.444 e. The zero-order valence-electron chi connectivity index (χ0n) is 15.3. The van der Waals surface area contributed by atoms with Crippen molar-refractivity contribution in [2.24, 2.45) is 5.73 Å². The molecule has 1 unspecified atom stereocenters. The Labute approximate surface area is 145 Å². The highest BCUT2D eigenvalue weighted by Crippen LogP contribution is 2.16. The van der Waals surface area contributed by atoms with Gasteiger partial charge in [-0.2, -0.15) is 0 Å². The quantitative estimate of drug-likeness (QED) is 0.825. The lowest BCUT2D eigenvalue weighted by molar-refractivity contribution is -0.134. The maximum Gasteiger partial charge on any atom is 0.410 e. The van der Waals surface area contributed by atoms with Gasteiger partial charge in [-0.05, 0) is 40.0 Å². The summed E-state index contributed by atoms with van der Waals surface area (Å²) in [5.74, 6) is 0.180. The molecule has 24 heavy (non-hydrogen) atoms. The second-order valence-corrected chi connectivity index (χ2v) is 7.73. The Balaban J connectivity index is 1.88. The van der Waals surface area contributed by atoms with Gasteiger partial charge in [0.2, 0.25) is 5.91 Å². The maximum absolute atomic E-state index is 12.5. The van der Waals surface area contributed by atoms with Gasteiger partial charge < -0.3 is 20.3 Å². The lowest BCUT2D eigenvalue weighted by Crippen LogP contribution is -2.59. The van der Waals surface area contributed by atoms with E-state index >= 15 is 0 Å². The Morgan fingerprint density at radius 1 is 1.04 bits per heavy atom. The van der Waals surface area contributed by atoms with E-state index in [9.17, 15) is 9.59 Å². The van der Waals surface area contributed by atoms with Gasteiger partial charge in [0.15, 0.2) is 0 Å². The zero-order valence-corrected chi connectivity index (χ0v) is 15.3. The minimum Gasteiger partial charge on any atom is -0.444 e. The van der Waals surface area contributed by atoms with Crippen LogP contribution in [0.15, 0.2) is 0 Å². The van der Waals surface area contributed by atoms with Crippen molar-refractivity contribution in [1.82, 2.24) is 14.7 Å². The van der Waals surface area contributed by atoms with Crippen LogP contribution in [0.1, 0.15) is 40.0 Å². The molecule has 2 aliphatic rings. The van der Waals surface area contributed by atoms with E-state index in [2.05, 4.69) is 4.90 Å². The standard InChI is InChI=1S/C17H32N4O3/c1-17(2,3)24-16(23)21-10-9-20(14(11-18)12-21)13-15(22)19-7-5-4-6-8-19/h14H,4-13,18H2,1-3H3. The third-order valence-electron chi connectivity index (χ3n) is 4.58. The van der Waals surface area contributed by atoms with E-state index in [4.69, 9.17) is 10.5 Å². The first-order valence-corrected chi connectivity index (χ1v) is 9.00. The molecule has 0 spiro atoms. The Hall–Kier alpha value is -1.34. The zero-order chi connectivity index (χ0) is 17.7. The highest BCUT2D eigenvalue weighted by atomic mass is 16.6. The van der Waals surface area contributed by atoms with Crippen LogP contribution in [0.3, 0.4) is 0 Å². The minimum absolute atomic E-state index is 0.00000827. The highest BCUT2D eigenvalue weighted by Gasteiger charge is 2.33. The van der Waals surface area contributed by atoms with Crippen LogP contribution < -0.4 is 5.73 Å². The summed E-state index contributed by atoms with van der Waals surface area (Å²) in [7, 11) is 0. The summed E-state index contributed by atoms with van der Waals surface area (Å²) < 4.78 is 5.43. The summed E-state index contributed by atoms with van der Waals surface area (Å²) in [6.07, 6.45) is 3.10. The molecule has 0 aromatic rings. The molecule has 1 atom stereocenters. The lowest BCUT2D eigenvalue weighted by Gasteiger charge is -2.41. The number of carbonyl (C=O) groups excluding carboxylic acids is 2. The monoisotopic (exact) mass is 340 g/mol. The van der Waals surface area contributed by atoms with Crippen LogP contribution in [0, 0.1) is 0 Å². The van der Waals surface area contributed by atoms with Crippen molar-refractivity contribution in [3.05, 3.63) is 0 Å².